The van der Waals surface area contributed by atoms with Crippen molar-refractivity contribution in [2.75, 3.05) is 0 Å². The minimum atomic E-state index is -4.94. The first-order valence-electron chi connectivity index (χ1n) is 20.0. The molecular formula is C55H45ClO5P3Rh-. The van der Waals surface area contributed by atoms with Gasteiger partial charge in [-0.1, -0.05) is 273 Å². The van der Waals surface area contributed by atoms with Crippen molar-refractivity contribution in [2.45, 2.75) is 0 Å². The summed E-state index contributed by atoms with van der Waals surface area (Å²) in [5.74, 6) is 0. The molecule has 0 bridgehead atoms. The first-order valence-corrected chi connectivity index (χ1v) is 25.3. The molecule has 0 aliphatic heterocycles. The van der Waals surface area contributed by atoms with E-state index in [4.69, 9.17) is 23.3 Å². The van der Waals surface area contributed by atoms with Crippen LogP contribution in [0.15, 0.2) is 273 Å². The monoisotopic (exact) mass is 1020 g/mol. The van der Waals surface area contributed by atoms with Gasteiger partial charge in [-0.25, -0.2) is 18.6 Å². The summed E-state index contributed by atoms with van der Waals surface area (Å²) in [5.41, 5.74) is 0. The fourth-order valence-corrected chi connectivity index (χ4v) is 13.5. The van der Waals surface area contributed by atoms with E-state index < -0.39 is 34.0 Å². The maximum absolute atomic E-state index is 8.49. The van der Waals surface area contributed by atoms with Gasteiger partial charge in [0.05, 0.1) is 0 Å². The summed E-state index contributed by atoms with van der Waals surface area (Å²) in [6.45, 7) is 4.50. The van der Waals surface area contributed by atoms with Crippen LogP contribution in [-0.2, 0) is 24.1 Å². The standard InChI is InChI=1S/3C18H15P.CO.ClHO4.Rh/c3*1-4-10-16(11-5-1)19(17-12-6-2-7-13-17)18-14-8-3-9-15-18;1-2;2-1(3,4)5;/h3*1-15H;;(H,2,3,4,5);/p-1. The average Bonchev–Trinajstić information content (AvgIpc) is 3.35. The van der Waals surface area contributed by atoms with Crippen LogP contribution in [0.4, 0.5) is 0 Å². The summed E-state index contributed by atoms with van der Waals surface area (Å²) in [6.07, 6.45) is 0. The number of benzene rings is 9. The molecule has 0 N–H and O–H groups in total. The summed E-state index contributed by atoms with van der Waals surface area (Å²) in [6, 6.07) is 97.0. The Morgan fingerprint density at radius 2 is 0.308 bits per heavy atom. The van der Waals surface area contributed by atoms with Crippen LogP contribution in [0.2, 0.25) is 0 Å². The van der Waals surface area contributed by atoms with Crippen molar-refractivity contribution in [1.29, 1.82) is 0 Å². The van der Waals surface area contributed by atoms with Crippen molar-refractivity contribution in [3.05, 3.63) is 280 Å². The van der Waals surface area contributed by atoms with E-state index in [1.165, 1.54) is 47.7 Å². The van der Waals surface area contributed by atoms with Gasteiger partial charge in [0, 0.05) is 19.5 Å². The van der Waals surface area contributed by atoms with Gasteiger partial charge in [-0.3, -0.25) is 0 Å². The Bertz CT molecular complexity index is 2030. The fraction of sp³-hybridized carbons (Fsp3) is 0. The van der Waals surface area contributed by atoms with E-state index in [0.717, 1.165) is 0 Å². The number of hydrogen-bond donors (Lipinski definition) is 0. The molecule has 0 aromatic heterocycles. The largest absolute Gasteiger partial charge is 0.222 e. The van der Waals surface area contributed by atoms with Crippen LogP contribution in [0, 0.1) is 16.9 Å². The van der Waals surface area contributed by atoms with E-state index in [0.29, 0.717) is 0 Å². The first kappa shape index (κ1) is 52.4. The normalized spacial score (nSPS) is 10.2. The molecule has 0 spiro atoms. The van der Waals surface area contributed by atoms with Crippen LogP contribution in [0.3, 0.4) is 0 Å². The third-order valence-corrected chi connectivity index (χ3v) is 16.5. The molecule has 0 amide bonds. The minimum absolute atomic E-state index is 0. The summed E-state index contributed by atoms with van der Waals surface area (Å²) in [5, 5.41) is 12.6. The van der Waals surface area contributed by atoms with E-state index in [1.807, 2.05) is 0 Å². The van der Waals surface area contributed by atoms with Crippen LogP contribution in [0.5, 0.6) is 0 Å². The minimum Gasteiger partial charge on any atom is -0.222 e. The molecule has 9 aromatic carbocycles. The number of hydrogen-bond acceptors (Lipinski definition) is 4. The Balaban J connectivity index is 0.000000197. The molecule has 0 aliphatic rings. The quantitative estimate of drug-likeness (QED) is 0.0820. The third-order valence-electron chi connectivity index (χ3n) is 9.13. The predicted molar refractivity (Wildman–Crippen MR) is 259 cm³/mol. The molecule has 9 aromatic rings. The molecule has 1 radical (unpaired) electrons. The Kier molecular flexibility index (Phi) is 23.6. The zero-order valence-electron chi connectivity index (χ0n) is 35.1. The summed E-state index contributed by atoms with van der Waals surface area (Å²) in [7, 11) is -6.28. The van der Waals surface area contributed by atoms with Gasteiger partial charge in [0.1, 0.15) is 0 Å². The van der Waals surface area contributed by atoms with Gasteiger partial charge >= 0.3 is 11.3 Å². The fourth-order valence-electron chi connectivity index (χ4n) is 6.54. The average molecular weight is 1020 g/mol. The molecule has 0 saturated heterocycles. The summed E-state index contributed by atoms with van der Waals surface area (Å²) in [4.78, 5) is 0. The van der Waals surface area contributed by atoms with Crippen molar-refractivity contribution in [3.8, 4) is 0 Å². The van der Waals surface area contributed by atoms with E-state index >= 15 is 0 Å². The first-order chi connectivity index (χ1) is 31.3. The van der Waals surface area contributed by atoms with Gasteiger partial charge in [-0.05, 0) is 71.5 Å². The molecular weight excluding hydrogens is 972 g/mol. The second-order valence-corrected chi connectivity index (χ2v) is 20.8. The summed E-state index contributed by atoms with van der Waals surface area (Å²) < 4.78 is 41.5. The Labute approximate surface area is 401 Å². The predicted octanol–water partition coefficient (Wildman–Crippen LogP) is 5.54. The van der Waals surface area contributed by atoms with Crippen LogP contribution < -0.4 is 66.4 Å². The molecule has 9 rings (SSSR count). The van der Waals surface area contributed by atoms with Crippen molar-refractivity contribution in [1.82, 2.24) is 0 Å². The second kappa shape index (κ2) is 29.3. The Morgan fingerprint density at radius 3 is 0.385 bits per heavy atom. The zero-order valence-corrected chi connectivity index (χ0v) is 40.2. The number of halogens is 1. The van der Waals surface area contributed by atoms with Crippen molar-refractivity contribution >= 4 is 71.5 Å². The van der Waals surface area contributed by atoms with Crippen molar-refractivity contribution in [2.24, 2.45) is 0 Å². The molecule has 0 atom stereocenters. The van der Waals surface area contributed by atoms with Crippen LogP contribution in [0.25, 0.3) is 0 Å². The zero-order chi connectivity index (χ0) is 45.2. The second-order valence-electron chi connectivity index (χ2n) is 13.4. The molecule has 10 heteroatoms. The molecule has 0 unspecified atom stereocenters. The van der Waals surface area contributed by atoms with E-state index in [9.17, 15) is 0 Å². The van der Waals surface area contributed by atoms with E-state index in [-0.39, 0.29) is 19.5 Å². The molecule has 5 nitrogen and oxygen atoms in total. The summed E-state index contributed by atoms with van der Waals surface area (Å²) >= 11 is 0. The molecule has 327 valence electrons. The number of rotatable bonds is 9. The van der Waals surface area contributed by atoms with Crippen molar-refractivity contribution in [3.63, 3.8) is 0 Å². The van der Waals surface area contributed by atoms with E-state index in [2.05, 4.69) is 280 Å². The van der Waals surface area contributed by atoms with Gasteiger partial charge in [0.15, 0.2) is 0 Å². The molecule has 0 heterocycles. The molecule has 0 aliphatic carbocycles. The SMILES string of the molecule is [C-]#[O+].[O-][Cl+3]([O-])([O-])[O-].[Rh].c1ccc(P(c2ccccc2)c2ccccc2)cc1.c1ccc(P(c2ccccc2)c2ccccc2)cc1.c1ccc(P(c2ccccc2)c2ccccc2)cc1. The molecule has 0 saturated carbocycles. The van der Waals surface area contributed by atoms with Gasteiger partial charge in [-0.2, -0.15) is 0 Å². The maximum Gasteiger partial charge on any atom is 0 e. The molecule has 0 fully saturated rings. The Morgan fingerprint density at radius 1 is 0.231 bits per heavy atom. The van der Waals surface area contributed by atoms with Crippen LogP contribution in [-0.4, -0.2) is 0 Å². The van der Waals surface area contributed by atoms with Gasteiger partial charge < -0.3 is 0 Å². The van der Waals surface area contributed by atoms with E-state index in [1.54, 1.807) is 0 Å². The molecule has 65 heavy (non-hydrogen) atoms. The van der Waals surface area contributed by atoms with Gasteiger partial charge in [0.2, 0.25) is 0 Å². The van der Waals surface area contributed by atoms with Crippen molar-refractivity contribution < 1.29 is 53.0 Å². The topological polar surface area (TPSA) is 112 Å². The third kappa shape index (κ3) is 17.9. The smallest absolute Gasteiger partial charge is 0 e. The van der Waals surface area contributed by atoms with Crippen LogP contribution >= 0.6 is 23.8 Å². The maximum atomic E-state index is 8.49. The van der Waals surface area contributed by atoms with Gasteiger partial charge in [-0.15, -0.1) is 10.2 Å². The van der Waals surface area contributed by atoms with Crippen LogP contribution in [0.1, 0.15) is 0 Å². The Hall–Kier alpha value is -5.24. The van der Waals surface area contributed by atoms with Gasteiger partial charge in [0.25, 0.3) is 0 Å².